The monoisotopic (exact) mass is 264 g/mol. The van der Waals surface area contributed by atoms with Crippen molar-refractivity contribution in [1.82, 2.24) is 10.2 Å². The van der Waals surface area contributed by atoms with Crippen LogP contribution in [0.25, 0.3) is 0 Å². The standard InChI is InChI=1S/C14H20N2O3/c17-8-12-6-16(5-10-3-4-19-9-10)7-13(12)15-14(18)11-1-2-11/h3-4,9,11-13,17H,1-2,5-8H2,(H,15,18)/t12-,13+/m0/s1. The van der Waals surface area contributed by atoms with Gasteiger partial charge in [0.05, 0.1) is 12.5 Å². The van der Waals surface area contributed by atoms with E-state index in [0.29, 0.717) is 0 Å². The molecule has 5 nitrogen and oxygen atoms in total. The highest BCUT2D eigenvalue weighted by Gasteiger charge is 2.37. The summed E-state index contributed by atoms with van der Waals surface area (Å²) >= 11 is 0. The molecule has 1 amide bonds. The largest absolute Gasteiger partial charge is 0.472 e. The summed E-state index contributed by atoms with van der Waals surface area (Å²) in [5.74, 6) is 0.519. The molecule has 0 radical (unpaired) electrons. The molecule has 0 unspecified atom stereocenters. The van der Waals surface area contributed by atoms with Crippen LogP contribution >= 0.6 is 0 Å². The van der Waals surface area contributed by atoms with Gasteiger partial charge in [-0.05, 0) is 18.9 Å². The van der Waals surface area contributed by atoms with Gasteiger partial charge in [0, 0.05) is 49.7 Å². The van der Waals surface area contributed by atoms with Crippen LogP contribution in [-0.4, -0.2) is 41.7 Å². The number of aliphatic hydroxyl groups excluding tert-OH is 1. The number of nitrogens with one attached hydrogen (secondary N) is 1. The maximum atomic E-state index is 11.8. The second-order valence-electron chi connectivity index (χ2n) is 5.66. The van der Waals surface area contributed by atoms with Crippen molar-refractivity contribution in [3.63, 3.8) is 0 Å². The van der Waals surface area contributed by atoms with E-state index >= 15 is 0 Å². The van der Waals surface area contributed by atoms with Gasteiger partial charge in [-0.25, -0.2) is 0 Å². The Labute approximate surface area is 112 Å². The molecule has 1 aromatic heterocycles. The average Bonchev–Trinajstić information content (AvgIpc) is 3.02. The Morgan fingerprint density at radius 1 is 1.47 bits per heavy atom. The van der Waals surface area contributed by atoms with Crippen LogP contribution in [0.4, 0.5) is 0 Å². The maximum absolute atomic E-state index is 11.8. The quantitative estimate of drug-likeness (QED) is 0.817. The van der Waals surface area contributed by atoms with Gasteiger partial charge >= 0.3 is 0 Å². The Morgan fingerprint density at radius 3 is 2.95 bits per heavy atom. The van der Waals surface area contributed by atoms with Crippen LogP contribution < -0.4 is 5.32 Å². The number of carbonyl (C=O) groups is 1. The highest BCUT2D eigenvalue weighted by atomic mass is 16.3. The topological polar surface area (TPSA) is 65.7 Å². The molecule has 104 valence electrons. The Bertz CT molecular complexity index is 428. The molecule has 1 saturated carbocycles. The van der Waals surface area contributed by atoms with E-state index in [9.17, 15) is 9.90 Å². The zero-order valence-corrected chi connectivity index (χ0v) is 10.9. The van der Waals surface area contributed by atoms with Crippen LogP contribution in [0, 0.1) is 11.8 Å². The van der Waals surface area contributed by atoms with Crippen LogP contribution in [-0.2, 0) is 11.3 Å². The second kappa shape index (κ2) is 5.35. The minimum Gasteiger partial charge on any atom is -0.472 e. The smallest absolute Gasteiger partial charge is 0.223 e. The van der Waals surface area contributed by atoms with E-state index in [1.807, 2.05) is 6.07 Å². The first kappa shape index (κ1) is 12.7. The van der Waals surface area contributed by atoms with Gasteiger partial charge in [0.2, 0.25) is 5.91 Å². The number of aliphatic hydroxyl groups is 1. The molecule has 0 spiro atoms. The van der Waals surface area contributed by atoms with Gasteiger partial charge in [0.1, 0.15) is 0 Å². The predicted octanol–water partition coefficient (Wildman–Crippen LogP) is 0.598. The van der Waals surface area contributed by atoms with Crippen molar-refractivity contribution in [3.05, 3.63) is 24.2 Å². The molecule has 1 aliphatic heterocycles. The van der Waals surface area contributed by atoms with Gasteiger partial charge in [0.15, 0.2) is 0 Å². The second-order valence-corrected chi connectivity index (χ2v) is 5.66. The van der Waals surface area contributed by atoms with Gasteiger partial charge in [-0.2, -0.15) is 0 Å². The van der Waals surface area contributed by atoms with E-state index in [-0.39, 0.29) is 30.4 Å². The minimum absolute atomic E-state index is 0.0741. The molecule has 2 heterocycles. The first-order valence-electron chi connectivity index (χ1n) is 6.91. The van der Waals surface area contributed by atoms with Crippen LogP contribution in [0.3, 0.4) is 0 Å². The molecule has 0 bridgehead atoms. The molecule has 2 aliphatic rings. The first-order valence-corrected chi connectivity index (χ1v) is 6.91. The molecule has 2 atom stereocenters. The lowest BCUT2D eigenvalue weighted by atomic mass is 10.1. The molecule has 5 heteroatoms. The van der Waals surface area contributed by atoms with Crippen LogP contribution in [0.5, 0.6) is 0 Å². The molecule has 19 heavy (non-hydrogen) atoms. The molecule has 1 saturated heterocycles. The summed E-state index contributed by atoms with van der Waals surface area (Å²) in [5.41, 5.74) is 1.13. The summed E-state index contributed by atoms with van der Waals surface area (Å²) in [5, 5.41) is 12.5. The van der Waals surface area contributed by atoms with Gasteiger partial charge in [-0.15, -0.1) is 0 Å². The number of rotatable bonds is 5. The third kappa shape index (κ3) is 2.98. The fraction of sp³-hybridized carbons (Fsp3) is 0.643. The number of hydrogen-bond acceptors (Lipinski definition) is 4. The number of nitrogens with zero attached hydrogens (tertiary/aromatic N) is 1. The lowest BCUT2D eigenvalue weighted by Gasteiger charge is -2.17. The van der Waals surface area contributed by atoms with E-state index in [1.54, 1.807) is 12.5 Å². The molecule has 3 rings (SSSR count). The van der Waals surface area contributed by atoms with Crippen molar-refractivity contribution in [2.45, 2.75) is 25.4 Å². The fourth-order valence-electron chi connectivity index (χ4n) is 2.73. The van der Waals surface area contributed by atoms with Crippen molar-refractivity contribution < 1.29 is 14.3 Å². The average molecular weight is 264 g/mol. The summed E-state index contributed by atoms with van der Waals surface area (Å²) in [6.45, 7) is 2.55. The van der Waals surface area contributed by atoms with Crippen molar-refractivity contribution in [3.8, 4) is 0 Å². The number of carbonyl (C=O) groups excluding carboxylic acids is 1. The lowest BCUT2D eigenvalue weighted by Crippen LogP contribution is -2.42. The highest BCUT2D eigenvalue weighted by molar-refractivity contribution is 5.81. The Balaban J connectivity index is 1.56. The SMILES string of the molecule is O=C(N[C@@H]1CN(Cc2ccoc2)C[C@H]1CO)C1CC1. The third-order valence-corrected chi connectivity index (χ3v) is 4.01. The van der Waals surface area contributed by atoms with Crippen LogP contribution in [0.1, 0.15) is 18.4 Å². The maximum Gasteiger partial charge on any atom is 0.223 e. The Kier molecular flexibility index (Phi) is 3.57. The number of amides is 1. The molecule has 1 aromatic rings. The molecule has 0 aromatic carbocycles. The van der Waals surface area contributed by atoms with E-state index in [4.69, 9.17) is 4.42 Å². The molecule has 2 fully saturated rings. The first-order chi connectivity index (χ1) is 9.26. The van der Waals surface area contributed by atoms with Crippen LogP contribution in [0.2, 0.25) is 0 Å². The summed E-state index contributed by atoms with van der Waals surface area (Å²) in [4.78, 5) is 14.1. The molecule has 1 aliphatic carbocycles. The van der Waals surface area contributed by atoms with Crippen molar-refractivity contribution in [2.24, 2.45) is 11.8 Å². The number of furan rings is 1. The summed E-state index contributed by atoms with van der Waals surface area (Å²) in [7, 11) is 0. The van der Waals surface area contributed by atoms with Gasteiger partial charge in [-0.3, -0.25) is 9.69 Å². The number of hydrogen-bond donors (Lipinski definition) is 2. The molecular weight excluding hydrogens is 244 g/mol. The zero-order chi connectivity index (χ0) is 13.2. The zero-order valence-electron chi connectivity index (χ0n) is 10.9. The van der Waals surface area contributed by atoms with Gasteiger partial charge in [-0.1, -0.05) is 0 Å². The lowest BCUT2D eigenvalue weighted by molar-refractivity contribution is -0.123. The summed E-state index contributed by atoms with van der Waals surface area (Å²) in [6, 6.07) is 2.02. The molecular formula is C14H20N2O3. The van der Waals surface area contributed by atoms with Crippen molar-refractivity contribution >= 4 is 5.91 Å². The Morgan fingerprint density at radius 2 is 2.32 bits per heavy atom. The van der Waals surface area contributed by atoms with Gasteiger partial charge < -0.3 is 14.8 Å². The summed E-state index contributed by atoms with van der Waals surface area (Å²) in [6.07, 6.45) is 5.44. The highest BCUT2D eigenvalue weighted by Crippen LogP contribution is 2.29. The van der Waals surface area contributed by atoms with Crippen molar-refractivity contribution in [1.29, 1.82) is 0 Å². The van der Waals surface area contributed by atoms with E-state index in [2.05, 4.69) is 10.2 Å². The van der Waals surface area contributed by atoms with Crippen molar-refractivity contribution in [2.75, 3.05) is 19.7 Å². The normalized spacial score (nSPS) is 27.6. The Hall–Kier alpha value is -1.33. The third-order valence-electron chi connectivity index (χ3n) is 4.01. The van der Waals surface area contributed by atoms with Gasteiger partial charge in [0.25, 0.3) is 0 Å². The minimum atomic E-state index is 0.0741. The fourth-order valence-corrected chi connectivity index (χ4v) is 2.73. The van der Waals surface area contributed by atoms with E-state index in [1.165, 1.54) is 0 Å². The van der Waals surface area contributed by atoms with Crippen LogP contribution in [0.15, 0.2) is 23.0 Å². The summed E-state index contributed by atoms with van der Waals surface area (Å²) < 4.78 is 5.06. The molecule has 2 N–H and O–H groups in total. The predicted molar refractivity (Wildman–Crippen MR) is 69.2 cm³/mol. The van der Waals surface area contributed by atoms with E-state index < -0.39 is 0 Å². The number of likely N-dealkylation sites (tertiary alicyclic amines) is 1. The van der Waals surface area contributed by atoms with E-state index in [0.717, 1.165) is 38.0 Å².